The lowest BCUT2D eigenvalue weighted by Crippen LogP contribution is -1.87. The Labute approximate surface area is 131 Å². The first-order chi connectivity index (χ1) is 10.3. The summed E-state index contributed by atoms with van der Waals surface area (Å²) in [5.41, 5.74) is 1.02. The zero-order chi connectivity index (χ0) is 14.5. The maximum absolute atomic E-state index is 5.88. The van der Waals surface area contributed by atoms with Gasteiger partial charge in [0.2, 0.25) is 0 Å². The molecule has 0 atom stereocenters. The van der Waals surface area contributed by atoms with Crippen LogP contribution in [0.5, 0.6) is 0 Å². The molecular weight excluding hydrogens is 304 g/mol. The summed E-state index contributed by atoms with van der Waals surface area (Å²) in [5.74, 6) is 0. The Balaban J connectivity index is 1.67. The fourth-order valence-electron chi connectivity index (χ4n) is 1.65. The van der Waals surface area contributed by atoms with Gasteiger partial charge in [-0.15, -0.1) is 10.2 Å². The van der Waals surface area contributed by atoms with Gasteiger partial charge in [-0.3, -0.25) is 0 Å². The lowest BCUT2D eigenvalue weighted by molar-refractivity contribution is 0.878. The fourth-order valence-corrected chi connectivity index (χ4v) is 2.59. The quantitative estimate of drug-likeness (QED) is 0.684. The summed E-state index contributed by atoms with van der Waals surface area (Å²) in [6, 6.07) is 16.0. The van der Waals surface area contributed by atoms with Crippen molar-refractivity contribution in [1.82, 2.24) is 14.9 Å². The number of aromatic nitrogens is 3. The van der Waals surface area contributed by atoms with Gasteiger partial charge < -0.3 is 0 Å². The summed E-state index contributed by atoms with van der Waals surface area (Å²) in [6.45, 7) is 0. The molecule has 0 spiro atoms. The van der Waals surface area contributed by atoms with Gasteiger partial charge in [-0.25, -0.2) is 4.68 Å². The van der Waals surface area contributed by atoms with Gasteiger partial charge in [-0.2, -0.15) is 5.10 Å². The van der Waals surface area contributed by atoms with Crippen molar-refractivity contribution in [3.05, 3.63) is 71.8 Å². The van der Waals surface area contributed by atoms with Crippen molar-refractivity contribution in [2.75, 3.05) is 0 Å². The van der Waals surface area contributed by atoms with Crippen LogP contribution in [0.4, 0.5) is 0 Å². The minimum Gasteiger partial charge on any atom is -0.208 e. The Morgan fingerprint density at radius 1 is 0.905 bits per heavy atom. The molecule has 0 fully saturated rings. The van der Waals surface area contributed by atoms with Crippen LogP contribution in [0.2, 0.25) is 5.02 Å². The highest BCUT2D eigenvalue weighted by molar-refractivity contribution is 7.99. The maximum atomic E-state index is 5.88. The Hall–Kier alpha value is -2.11. The van der Waals surface area contributed by atoms with Crippen LogP contribution in [0.3, 0.4) is 0 Å². The number of rotatable bonds is 4. The number of hydrogen-bond acceptors (Lipinski definition) is 4. The highest BCUT2D eigenvalue weighted by Gasteiger charge is 1.98. The topological polar surface area (TPSA) is 43.1 Å². The predicted molar refractivity (Wildman–Crippen MR) is 85.0 cm³/mol. The van der Waals surface area contributed by atoms with Gasteiger partial charge in [0.25, 0.3) is 0 Å². The molecule has 0 unspecified atom stereocenters. The minimum atomic E-state index is 0.750. The molecule has 3 aromatic rings. The number of nitrogens with zero attached hydrogens (tertiary/aromatic N) is 4. The van der Waals surface area contributed by atoms with Crippen molar-refractivity contribution in [1.29, 1.82) is 0 Å². The van der Waals surface area contributed by atoms with E-state index in [1.54, 1.807) is 35.3 Å². The van der Waals surface area contributed by atoms with Crippen molar-refractivity contribution in [2.24, 2.45) is 5.10 Å². The molecule has 0 aliphatic carbocycles. The summed E-state index contributed by atoms with van der Waals surface area (Å²) < 4.78 is 1.55. The van der Waals surface area contributed by atoms with Gasteiger partial charge in [0, 0.05) is 14.8 Å². The maximum Gasteiger partial charge on any atom is 0.141 e. The molecule has 2 aromatic carbocycles. The summed E-state index contributed by atoms with van der Waals surface area (Å²) >= 11 is 7.57. The molecule has 0 aliphatic heterocycles. The second-order valence-corrected chi connectivity index (χ2v) is 5.79. The van der Waals surface area contributed by atoms with E-state index in [2.05, 4.69) is 27.4 Å². The van der Waals surface area contributed by atoms with Crippen LogP contribution in [0.1, 0.15) is 5.56 Å². The lowest BCUT2D eigenvalue weighted by atomic mass is 10.2. The van der Waals surface area contributed by atoms with Crippen molar-refractivity contribution < 1.29 is 0 Å². The lowest BCUT2D eigenvalue weighted by Gasteiger charge is -2.02. The molecule has 0 radical (unpaired) electrons. The Morgan fingerprint density at radius 3 is 2.10 bits per heavy atom. The molecule has 1 heterocycles. The van der Waals surface area contributed by atoms with E-state index in [0.29, 0.717) is 0 Å². The van der Waals surface area contributed by atoms with E-state index in [9.17, 15) is 0 Å². The van der Waals surface area contributed by atoms with Crippen LogP contribution in [-0.4, -0.2) is 21.1 Å². The SMILES string of the molecule is Clc1ccc(Sc2ccc(C=Nn3cnnc3)cc2)cc1. The monoisotopic (exact) mass is 314 g/mol. The first-order valence-corrected chi connectivity index (χ1v) is 7.41. The predicted octanol–water partition coefficient (Wildman–Crippen LogP) is 3.96. The van der Waals surface area contributed by atoms with E-state index in [4.69, 9.17) is 11.6 Å². The van der Waals surface area contributed by atoms with E-state index in [0.717, 1.165) is 15.5 Å². The molecule has 1 aromatic heterocycles. The third-order valence-corrected chi connectivity index (χ3v) is 3.94. The summed E-state index contributed by atoms with van der Waals surface area (Å²) in [5, 5.41) is 12.3. The Kier molecular flexibility index (Phi) is 4.33. The van der Waals surface area contributed by atoms with E-state index in [1.807, 2.05) is 36.4 Å². The van der Waals surface area contributed by atoms with Gasteiger partial charge in [0.05, 0.1) is 6.21 Å². The van der Waals surface area contributed by atoms with Crippen LogP contribution in [0.15, 0.2) is 76.1 Å². The van der Waals surface area contributed by atoms with Crippen LogP contribution in [0.25, 0.3) is 0 Å². The van der Waals surface area contributed by atoms with Gasteiger partial charge >= 0.3 is 0 Å². The van der Waals surface area contributed by atoms with Crippen molar-refractivity contribution >= 4 is 29.6 Å². The molecule has 0 bridgehead atoms. The Morgan fingerprint density at radius 2 is 1.48 bits per heavy atom. The smallest absolute Gasteiger partial charge is 0.141 e. The van der Waals surface area contributed by atoms with Crippen LogP contribution in [0, 0.1) is 0 Å². The van der Waals surface area contributed by atoms with Gasteiger partial charge in [0.1, 0.15) is 12.7 Å². The highest BCUT2D eigenvalue weighted by Crippen LogP contribution is 2.28. The zero-order valence-electron chi connectivity index (χ0n) is 10.9. The summed E-state index contributed by atoms with van der Waals surface area (Å²) in [6.07, 6.45) is 4.85. The second kappa shape index (κ2) is 6.56. The average molecular weight is 315 g/mol. The Bertz CT molecular complexity index is 721. The summed E-state index contributed by atoms with van der Waals surface area (Å²) in [7, 11) is 0. The van der Waals surface area contributed by atoms with Gasteiger partial charge in [-0.05, 0) is 42.0 Å². The van der Waals surface area contributed by atoms with Crippen molar-refractivity contribution in [2.45, 2.75) is 9.79 Å². The third kappa shape index (κ3) is 3.93. The van der Waals surface area contributed by atoms with Crippen LogP contribution >= 0.6 is 23.4 Å². The standard InChI is InChI=1S/C15H11ClN4S/c16-13-3-7-15(8-4-13)21-14-5-1-12(2-6-14)9-19-20-10-17-18-11-20/h1-11H. The molecule has 3 rings (SSSR count). The molecule has 0 saturated carbocycles. The molecule has 0 saturated heterocycles. The summed E-state index contributed by atoms with van der Waals surface area (Å²) in [4.78, 5) is 2.32. The normalized spacial score (nSPS) is 11.1. The molecule has 0 aliphatic rings. The van der Waals surface area contributed by atoms with Crippen LogP contribution in [-0.2, 0) is 0 Å². The number of hydrogen-bond donors (Lipinski definition) is 0. The second-order valence-electron chi connectivity index (χ2n) is 4.21. The molecule has 0 N–H and O–H groups in total. The zero-order valence-corrected chi connectivity index (χ0v) is 12.5. The first kappa shape index (κ1) is 13.9. The number of halogens is 1. The molecule has 4 nitrogen and oxygen atoms in total. The molecule has 6 heteroatoms. The molecule has 0 amide bonds. The third-order valence-electron chi connectivity index (χ3n) is 2.68. The van der Waals surface area contributed by atoms with Crippen molar-refractivity contribution in [3.63, 3.8) is 0 Å². The van der Waals surface area contributed by atoms with E-state index < -0.39 is 0 Å². The first-order valence-electron chi connectivity index (χ1n) is 6.22. The average Bonchev–Trinajstić information content (AvgIpc) is 3.02. The molecule has 21 heavy (non-hydrogen) atoms. The van der Waals surface area contributed by atoms with Gasteiger partial charge in [0.15, 0.2) is 0 Å². The number of benzene rings is 2. The van der Waals surface area contributed by atoms with Crippen molar-refractivity contribution in [3.8, 4) is 0 Å². The van der Waals surface area contributed by atoms with E-state index in [-0.39, 0.29) is 0 Å². The fraction of sp³-hybridized carbons (Fsp3) is 0. The minimum absolute atomic E-state index is 0.750. The molecular formula is C15H11ClN4S. The van der Waals surface area contributed by atoms with E-state index in [1.165, 1.54) is 4.90 Å². The highest BCUT2D eigenvalue weighted by atomic mass is 35.5. The van der Waals surface area contributed by atoms with Gasteiger partial charge in [-0.1, -0.05) is 35.5 Å². The largest absolute Gasteiger partial charge is 0.208 e. The van der Waals surface area contributed by atoms with E-state index >= 15 is 0 Å². The van der Waals surface area contributed by atoms with Crippen LogP contribution < -0.4 is 0 Å². The molecule has 104 valence electrons.